The molecule has 3 nitrogen and oxygen atoms in total. The molecule has 1 fully saturated rings. The van der Waals surface area contributed by atoms with E-state index in [0.717, 1.165) is 19.6 Å². The smallest absolute Gasteiger partial charge is 0.0949 e. The third-order valence-electron chi connectivity index (χ3n) is 2.05. The van der Waals surface area contributed by atoms with Crippen molar-refractivity contribution in [3.63, 3.8) is 0 Å². The third kappa shape index (κ3) is 1.28. The van der Waals surface area contributed by atoms with E-state index in [9.17, 15) is 0 Å². The van der Waals surface area contributed by atoms with Gasteiger partial charge >= 0.3 is 0 Å². The highest BCUT2D eigenvalue weighted by molar-refractivity contribution is 4.94. The Labute approximate surface area is 61.4 Å². The van der Waals surface area contributed by atoms with Crippen molar-refractivity contribution in [1.29, 1.82) is 5.26 Å². The van der Waals surface area contributed by atoms with Crippen molar-refractivity contribution in [2.45, 2.75) is 13.0 Å². The van der Waals surface area contributed by atoms with Crippen molar-refractivity contribution in [2.24, 2.45) is 11.7 Å². The lowest BCUT2D eigenvalue weighted by molar-refractivity contribution is 0.0871. The van der Waals surface area contributed by atoms with Gasteiger partial charge < -0.3 is 5.73 Å². The minimum absolute atomic E-state index is 0.0720. The predicted molar refractivity (Wildman–Crippen MR) is 39.2 cm³/mol. The van der Waals surface area contributed by atoms with Crippen molar-refractivity contribution in [2.75, 3.05) is 19.6 Å². The first-order valence-corrected chi connectivity index (χ1v) is 3.61. The Hall–Kier alpha value is -0.590. The zero-order valence-corrected chi connectivity index (χ0v) is 6.25. The van der Waals surface area contributed by atoms with Gasteiger partial charge in [0, 0.05) is 13.1 Å². The van der Waals surface area contributed by atoms with Crippen molar-refractivity contribution >= 4 is 0 Å². The Morgan fingerprint density at radius 1 is 1.80 bits per heavy atom. The van der Waals surface area contributed by atoms with E-state index < -0.39 is 0 Å². The first kappa shape index (κ1) is 7.52. The van der Waals surface area contributed by atoms with Crippen LogP contribution >= 0.6 is 0 Å². The van der Waals surface area contributed by atoms with Gasteiger partial charge in [-0.3, -0.25) is 4.90 Å². The van der Waals surface area contributed by atoms with Crippen LogP contribution in [0.1, 0.15) is 6.92 Å². The second-order valence-electron chi connectivity index (χ2n) is 2.86. The largest absolute Gasteiger partial charge is 0.330 e. The molecule has 0 aromatic heterocycles. The Balaban J connectivity index is 2.21. The number of hydrogen-bond donors (Lipinski definition) is 1. The third-order valence-corrected chi connectivity index (χ3v) is 2.05. The molecule has 0 unspecified atom stereocenters. The summed E-state index contributed by atoms with van der Waals surface area (Å²) in [5.74, 6) is 0.635. The van der Waals surface area contributed by atoms with Gasteiger partial charge in [0.25, 0.3) is 0 Å². The first-order valence-electron chi connectivity index (χ1n) is 3.61. The monoisotopic (exact) mass is 139 g/mol. The van der Waals surface area contributed by atoms with Gasteiger partial charge in [-0.05, 0) is 19.4 Å². The van der Waals surface area contributed by atoms with E-state index in [2.05, 4.69) is 11.0 Å². The molecule has 0 aromatic carbocycles. The molecule has 0 bridgehead atoms. The van der Waals surface area contributed by atoms with Gasteiger partial charge in [0.05, 0.1) is 12.1 Å². The number of nitriles is 1. The lowest BCUT2D eigenvalue weighted by atomic mass is 9.99. The van der Waals surface area contributed by atoms with Crippen LogP contribution in [0.3, 0.4) is 0 Å². The molecular weight excluding hydrogens is 126 g/mol. The van der Waals surface area contributed by atoms with Crippen LogP contribution < -0.4 is 5.73 Å². The van der Waals surface area contributed by atoms with Crippen LogP contribution in [0.25, 0.3) is 0 Å². The summed E-state index contributed by atoms with van der Waals surface area (Å²) in [6.45, 7) is 4.69. The van der Waals surface area contributed by atoms with Crippen LogP contribution in [0, 0.1) is 17.2 Å². The van der Waals surface area contributed by atoms with Crippen LogP contribution in [-0.4, -0.2) is 30.6 Å². The average Bonchev–Trinajstić information content (AvgIpc) is 1.85. The second kappa shape index (κ2) is 3.00. The highest BCUT2D eigenvalue weighted by atomic mass is 15.2. The summed E-state index contributed by atoms with van der Waals surface area (Å²) in [4.78, 5) is 2.14. The maximum absolute atomic E-state index is 8.51. The number of nitrogens with zero attached hydrogens (tertiary/aromatic N) is 2. The maximum Gasteiger partial charge on any atom is 0.0949 e. The number of likely N-dealkylation sites (tertiary alicyclic amines) is 1. The number of nitrogens with two attached hydrogens (primary N) is 1. The Morgan fingerprint density at radius 2 is 2.40 bits per heavy atom. The van der Waals surface area contributed by atoms with E-state index in [4.69, 9.17) is 11.0 Å². The quantitative estimate of drug-likeness (QED) is 0.576. The molecule has 0 saturated carbocycles. The molecule has 2 N–H and O–H groups in total. The molecule has 1 heterocycles. The van der Waals surface area contributed by atoms with E-state index in [1.807, 2.05) is 6.92 Å². The summed E-state index contributed by atoms with van der Waals surface area (Å²) in [5.41, 5.74) is 5.43. The summed E-state index contributed by atoms with van der Waals surface area (Å²) in [7, 11) is 0. The maximum atomic E-state index is 8.51. The molecule has 0 aromatic rings. The van der Waals surface area contributed by atoms with E-state index in [0.29, 0.717) is 5.92 Å². The SMILES string of the molecule is C[C@@H](C#N)N1CC(CN)C1. The van der Waals surface area contributed by atoms with Gasteiger partial charge in [0.15, 0.2) is 0 Å². The average molecular weight is 139 g/mol. The Kier molecular flexibility index (Phi) is 2.25. The van der Waals surface area contributed by atoms with Gasteiger partial charge in [-0.2, -0.15) is 5.26 Å². The summed E-state index contributed by atoms with van der Waals surface area (Å²) in [6, 6.07) is 2.27. The zero-order valence-electron chi connectivity index (χ0n) is 6.25. The van der Waals surface area contributed by atoms with E-state index in [-0.39, 0.29) is 6.04 Å². The van der Waals surface area contributed by atoms with Crippen molar-refractivity contribution in [3.05, 3.63) is 0 Å². The van der Waals surface area contributed by atoms with Crippen molar-refractivity contribution in [3.8, 4) is 6.07 Å². The molecule has 0 radical (unpaired) electrons. The fraction of sp³-hybridized carbons (Fsp3) is 0.857. The van der Waals surface area contributed by atoms with Crippen LogP contribution in [0.4, 0.5) is 0 Å². The van der Waals surface area contributed by atoms with Gasteiger partial charge in [-0.1, -0.05) is 0 Å². The van der Waals surface area contributed by atoms with Crippen molar-refractivity contribution < 1.29 is 0 Å². The first-order chi connectivity index (χ1) is 4.77. The molecule has 0 amide bonds. The fourth-order valence-electron chi connectivity index (χ4n) is 1.16. The minimum Gasteiger partial charge on any atom is -0.330 e. The number of rotatable bonds is 2. The lowest BCUT2D eigenvalue weighted by Gasteiger charge is -2.40. The minimum atomic E-state index is 0.0720. The number of hydrogen-bond acceptors (Lipinski definition) is 3. The molecule has 0 aliphatic carbocycles. The van der Waals surface area contributed by atoms with E-state index in [1.165, 1.54) is 0 Å². The summed E-state index contributed by atoms with van der Waals surface area (Å²) >= 11 is 0. The molecule has 1 rings (SSSR count). The summed E-state index contributed by atoms with van der Waals surface area (Å²) in [5, 5.41) is 8.51. The highest BCUT2D eigenvalue weighted by Crippen LogP contribution is 2.16. The highest BCUT2D eigenvalue weighted by Gasteiger charge is 2.28. The molecule has 1 atom stereocenters. The van der Waals surface area contributed by atoms with Gasteiger partial charge in [0.2, 0.25) is 0 Å². The second-order valence-corrected chi connectivity index (χ2v) is 2.86. The summed E-state index contributed by atoms with van der Waals surface area (Å²) in [6.07, 6.45) is 0. The van der Waals surface area contributed by atoms with Crippen LogP contribution in [0.15, 0.2) is 0 Å². The van der Waals surface area contributed by atoms with Gasteiger partial charge in [-0.25, -0.2) is 0 Å². The predicted octanol–water partition coefficient (Wildman–Crippen LogP) is -0.211. The van der Waals surface area contributed by atoms with E-state index in [1.54, 1.807) is 0 Å². The van der Waals surface area contributed by atoms with Crippen LogP contribution in [0.5, 0.6) is 0 Å². The fourth-order valence-corrected chi connectivity index (χ4v) is 1.16. The van der Waals surface area contributed by atoms with Gasteiger partial charge in [0.1, 0.15) is 0 Å². The normalized spacial score (nSPS) is 23.3. The lowest BCUT2D eigenvalue weighted by Crippen LogP contribution is -2.53. The van der Waals surface area contributed by atoms with Crippen molar-refractivity contribution in [1.82, 2.24) is 4.90 Å². The standard InChI is InChI=1S/C7H13N3/c1-6(2-8)10-4-7(3-9)5-10/h6-7H,3-5,9H2,1H3/t6-/m0/s1. The van der Waals surface area contributed by atoms with Crippen LogP contribution in [-0.2, 0) is 0 Å². The Bertz CT molecular complexity index is 143. The summed E-state index contributed by atoms with van der Waals surface area (Å²) < 4.78 is 0. The van der Waals surface area contributed by atoms with Gasteiger partial charge in [-0.15, -0.1) is 0 Å². The topological polar surface area (TPSA) is 53.0 Å². The molecule has 1 saturated heterocycles. The van der Waals surface area contributed by atoms with E-state index >= 15 is 0 Å². The molecule has 56 valence electrons. The molecule has 1 aliphatic rings. The van der Waals surface area contributed by atoms with Crippen LogP contribution in [0.2, 0.25) is 0 Å². The molecule has 10 heavy (non-hydrogen) atoms. The molecule has 0 spiro atoms. The molecule has 3 heteroatoms. The molecule has 1 aliphatic heterocycles. The molecular formula is C7H13N3. The zero-order chi connectivity index (χ0) is 7.56. The Morgan fingerprint density at radius 3 is 2.80 bits per heavy atom.